The highest BCUT2D eigenvalue weighted by Gasteiger charge is 2.40. The summed E-state index contributed by atoms with van der Waals surface area (Å²) in [6, 6.07) is 0. The smallest absolute Gasteiger partial charge is 0.0356 e. The maximum atomic E-state index is 6.24. The van der Waals surface area contributed by atoms with Crippen molar-refractivity contribution in [2.75, 3.05) is 45.0 Å². The van der Waals surface area contributed by atoms with Gasteiger partial charge in [0.15, 0.2) is 0 Å². The van der Waals surface area contributed by atoms with Crippen molar-refractivity contribution in [1.29, 1.82) is 0 Å². The Morgan fingerprint density at radius 2 is 1.95 bits per heavy atom. The van der Waals surface area contributed by atoms with E-state index in [2.05, 4.69) is 42.3 Å². The van der Waals surface area contributed by atoms with Crippen molar-refractivity contribution in [3.8, 4) is 0 Å². The first-order chi connectivity index (χ1) is 9.59. The van der Waals surface area contributed by atoms with Crippen molar-refractivity contribution in [3.63, 3.8) is 0 Å². The SMILES string of the molecule is CCC1CN(C2(CN)CCN(CC(C)C)CC2)CCS1. The predicted octanol–water partition coefficient (Wildman–Crippen LogP) is 2.26. The largest absolute Gasteiger partial charge is 0.329 e. The zero-order valence-corrected chi connectivity index (χ0v) is 14.4. The molecule has 0 aromatic heterocycles. The number of nitrogens with two attached hydrogens (primary N) is 1. The molecule has 0 saturated carbocycles. The number of likely N-dealkylation sites (tertiary alicyclic amines) is 1. The molecule has 2 rings (SSSR count). The van der Waals surface area contributed by atoms with Crippen molar-refractivity contribution in [2.24, 2.45) is 11.7 Å². The van der Waals surface area contributed by atoms with Gasteiger partial charge in [0.2, 0.25) is 0 Å². The van der Waals surface area contributed by atoms with Crippen LogP contribution < -0.4 is 5.73 Å². The van der Waals surface area contributed by atoms with Gasteiger partial charge in [0.05, 0.1) is 0 Å². The van der Waals surface area contributed by atoms with Crippen LogP contribution in [-0.4, -0.2) is 65.6 Å². The van der Waals surface area contributed by atoms with E-state index in [1.165, 1.54) is 57.7 Å². The topological polar surface area (TPSA) is 32.5 Å². The van der Waals surface area contributed by atoms with Gasteiger partial charge in [0.25, 0.3) is 0 Å². The van der Waals surface area contributed by atoms with Gasteiger partial charge in [-0.05, 0) is 38.3 Å². The first kappa shape index (κ1) is 16.6. The van der Waals surface area contributed by atoms with Gasteiger partial charge in [-0.15, -0.1) is 0 Å². The quantitative estimate of drug-likeness (QED) is 0.844. The van der Waals surface area contributed by atoms with Crippen LogP contribution in [0, 0.1) is 5.92 Å². The molecule has 2 saturated heterocycles. The summed E-state index contributed by atoms with van der Waals surface area (Å²) in [5.41, 5.74) is 6.53. The van der Waals surface area contributed by atoms with E-state index in [9.17, 15) is 0 Å². The van der Waals surface area contributed by atoms with Crippen molar-refractivity contribution < 1.29 is 0 Å². The lowest BCUT2D eigenvalue weighted by Gasteiger charge is -2.51. The number of thioether (sulfide) groups is 1. The van der Waals surface area contributed by atoms with Crippen LogP contribution >= 0.6 is 11.8 Å². The summed E-state index contributed by atoms with van der Waals surface area (Å²) >= 11 is 2.16. The Kier molecular flexibility index (Phi) is 6.21. The minimum absolute atomic E-state index is 0.294. The summed E-state index contributed by atoms with van der Waals surface area (Å²) in [5, 5.41) is 0.820. The summed E-state index contributed by atoms with van der Waals surface area (Å²) < 4.78 is 0. The van der Waals surface area contributed by atoms with Gasteiger partial charge >= 0.3 is 0 Å². The molecule has 0 bridgehead atoms. The molecular weight excluding hydrogens is 266 g/mol. The van der Waals surface area contributed by atoms with E-state index in [0.29, 0.717) is 5.54 Å². The lowest BCUT2D eigenvalue weighted by atomic mass is 9.85. The molecule has 0 spiro atoms. The number of hydrogen-bond acceptors (Lipinski definition) is 4. The fourth-order valence-corrected chi connectivity index (χ4v) is 4.90. The molecule has 0 radical (unpaired) electrons. The number of nitrogens with zero attached hydrogens (tertiary/aromatic N) is 2. The molecule has 4 heteroatoms. The molecule has 0 aliphatic carbocycles. The van der Waals surface area contributed by atoms with Gasteiger partial charge in [0.1, 0.15) is 0 Å². The van der Waals surface area contributed by atoms with E-state index in [1.807, 2.05) is 0 Å². The van der Waals surface area contributed by atoms with Crippen LogP contribution in [0.15, 0.2) is 0 Å². The summed E-state index contributed by atoms with van der Waals surface area (Å²) in [4.78, 5) is 5.37. The Morgan fingerprint density at radius 1 is 1.25 bits per heavy atom. The van der Waals surface area contributed by atoms with E-state index in [0.717, 1.165) is 17.7 Å². The molecule has 2 aliphatic rings. The highest BCUT2D eigenvalue weighted by Crippen LogP contribution is 2.33. The molecule has 0 aromatic rings. The molecule has 118 valence electrons. The molecule has 3 nitrogen and oxygen atoms in total. The average Bonchev–Trinajstić information content (AvgIpc) is 2.48. The molecule has 2 fully saturated rings. The van der Waals surface area contributed by atoms with Crippen LogP contribution in [0.3, 0.4) is 0 Å². The highest BCUT2D eigenvalue weighted by atomic mass is 32.2. The molecule has 1 unspecified atom stereocenters. The standard InChI is InChI=1S/C16H33N3S/c1-4-15-12-19(9-10-20-15)16(13-17)5-7-18(8-6-16)11-14(2)3/h14-15H,4-13,17H2,1-3H3. The molecule has 1 atom stereocenters. The van der Waals surface area contributed by atoms with E-state index >= 15 is 0 Å². The Labute approximate surface area is 129 Å². The third kappa shape index (κ3) is 3.90. The van der Waals surface area contributed by atoms with Crippen LogP contribution in [-0.2, 0) is 0 Å². The van der Waals surface area contributed by atoms with Gasteiger partial charge < -0.3 is 10.6 Å². The van der Waals surface area contributed by atoms with Crippen LogP contribution in [0.1, 0.15) is 40.0 Å². The fourth-order valence-electron chi connectivity index (χ4n) is 3.71. The van der Waals surface area contributed by atoms with E-state index < -0.39 is 0 Å². The maximum Gasteiger partial charge on any atom is 0.0356 e. The monoisotopic (exact) mass is 299 g/mol. The van der Waals surface area contributed by atoms with E-state index in [1.54, 1.807) is 0 Å². The summed E-state index contributed by atoms with van der Waals surface area (Å²) in [6.45, 7) is 14.0. The first-order valence-corrected chi connectivity index (χ1v) is 9.43. The minimum atomic E-state index is 0.294. The van der Waals surface area contributed by atoms with Crippen molar-refractivity contribution in [3.05, 3.63) is 0 Å². The zero-order valence-electron chi connectivity index (χ0n) is 13.6. The van der Waals surface area contributed by atoms with Gasteiger partial charge in [-0.2, -0.15) is 11.8 Å². The first-order valence-electron chi connectivity index (χ1n) is 8.38. The Hall–Kier alpha value is 0.230. The number of rotatable bonds is 5. The third-order valence-electron chi connectivity index (χ3n) is 5.06. The second-order valence-electron chi connectivity index (χ2n) is 6.97. The summed E-state index contributed by atoms with van der Waals surface area (Å²) in [7, 11) is 0. The van der Waals surface area contributed by atoms with Crippen molar-refractivity contribution >= 4 is 11.8 Å². The predicted molar refractivity (Wildman–Crippen MR) is 90.4 cm³/mol. The Bertz CT molecular complexity index is 287. The fraction of sp³-hybridized carbons (Fsp3) is 1.00. The van der Waals surface area contributed by atoms with E-state index in [-0.39, 0.29) is 0 Å². The highest BCUT2D eigenvalue weighted by molar-refractivity contribution is 8.00. The number of hydrogen-bond donors (Lipinski definition) is 1. The molecule has 0 amide bonds. The third-order valence-corrected chi connectivity index (χ3v) is 6.43. The number of piperidine rings is 1. The van der Waals surface area contributed by atoms with Crippen LogP contribution in [0.2, 0.25) is 0 Å². The lowest BCUT2D eigenvalue weighted by Crippen LogP contribution is -2.62. The molecule has 2 aliphatic heterocycles. The Balaban J connectivity index is 1.94. The molecule has 2 N–H and O–H groups in total. The van der Waals surface area contributed by atoms with Crippen LogP contribution in [0.25, 0.3) is 0 Å². The second-order valence-corrected chi connectivity index (χ2v) is 8.38. The van der Waals surface area contributed by atoms with E-state index in [4.69, 9.17) is 5.73 Å². The van der Waals surface area contributed by atoms with Crippen molar-refractivity contribution in [1.82, 2.24) is 9.80 Å². The van der Waals surface area contributed by atoms with Gasteiger partial charge in [-0.1, -0.05) is 20.8 Å². The summed E-state index contributed by atoms with van der Waals surface area (Å²) in [6.07, 6.45) is 3.82. The van der Waals surface area contributed by atoms with Gasteiger partial charge in [-0.25, -0.2) is 0 Å². The molecule has 20 heavy (non-hydrogen) atoms. The molecule has 0 aromatic carbocycles. The second kappa shape index (κ2) is 7.48. The normalized spacial score (nSPS) is 28.9. The van der Waals surface area contributed by atoms with Crippen LogP contribution in [0.5, 0.6) is 0 Å². The zero-order chi connectivity index (χ0) is 14.6. The van der Waals surface area contributed by atoms with Gasteiger partial charge in [-0.3, -0.25) is 4.90 Å². The maximum absolute atomic E-state index is 6.24. The minimum Gasteiger partial charge on any atom is -0.329 e. The molecule has 2 heterocycles. The summed E-state index contributed by atoms with van der Waals surface area (Å²) in [5.74, 6) is 2.06. The van der Waals surface area contributed by atoms with Gasteiger partial charge in [0, 0.05) is 42.7 Å². The van der Waals surface area contributed by atoms with Crippen molar-refractivity contribution in [2.45, 2.75) is 50.8 Å². The average molecular weight is 300 g/mol. The Morgan fingerprint density at radius 3 is 2.50 bits per heavy atom. The molecular formula is C16H33N3S. The lowest BCUT2D eigenvalue weighted by molar-refractivity contribution is 0.0256. The van der Waals surface area contributed by atoms with Crippen LogP contribution in [0.4, 0.5) is 0 Å².